The quantitative estimate of drug-likeness (QED) is 0.0251. The van der Waals surface area contributed by atoms with Gasteiger partial charge >= 0.3 is 11.9 Å². The highest BCUT2D eigenvalue weighted by Gasteiger charge is 2.11. The van der Waals surface area contributed by atoms with Crippen molar-refractivity contribution < 1.29 is 34.4 Å². The SMILES string of the molecule is CC/C=C\C[C@@H](O)/C=C/C=C\C=C\[C@@H](O)C/C=C\C/C=C\CCC(=O)OC[C@H](O)COC(=O)CCCCCCCCCCCCCCCCCCCC. The molecule has 0 bridgehead atoms. The third-order valence-electron chi connectivity index (χ3n) is 8.89. The molecule has 3 N–H and O–H groups in total. The largest absolute Gasteiger partial charge is 0.463 e. The van der Waals surface area contributed by atoms with Gasteiger partial charge in [0.25, 0.3) is 0 Å². The van der Waals surface area contributed by atoms with Crippen molar-refractivity contribution in [2.75, 3.05) is 13.2 Å². The summed E-state index contributed by atoms with van der Waals surface area (Å²) in [5.41, 5.74) is 0. The van der Waals surface area contributed by atoms with Crippen LogP contribution in [-0.2, 0) is 19.1 Å². The maximum Gasteiger partial charge on any atom is 0.306 e. The Bertz CT molecular complexity index is 1010. The van der Waals surface area contributed by atoms with Gasteiger partial charge in [0.1, 0.15) is 19.3 Å². The molecule has 0 aliphatic rings. The van der Waals surface area contributed by atoms with Crippen LogP contribution in [0.5, 0.6) is 0 Å². The van der Waals surface area contributed by atoms with Crippen LogP contribution in [0.1, 0.15) is 174 Å². The Morgan fingerprint density at radius 3 is 1.38 bits per heavy atom. The molecule has 0 amide bonds. The van der Waals surface area contributed by atoms with Crippen molar-refractivity contribution in [1.82, 2.24) is 0 Å². The molecule has 0 aliphatic carbocycles. The highest BCUT2D eigenvalue weighted by molar-refractivity contribution is 5.70. The van der Waals surface area contributed by atoms with E-state index in [0.29, 0.717) is 32.1 Å². The van der Waals surface area contributed by atoms with E-state index in [-0.39, 0.29) is 25.6 Å². The second-order valence-corrected chi connectivity index (χ2v) is 14.1. The topological polar surface area (TPSA) is 113 Å². The molecule has 0 heterocycles. The average molecular weight is 743 g/mol. The maximum atomic E-state index is 12.0. The molecular weight excluding hydrogens is 664 g/mol. The third kappa shape index (κ3) is 40.3. The summed E-state index contributed by atoms with van der Waals surface area (Å²) in [6.45, 7) is 3.97. The van der Waals surface area contributed by atoms with E-state index in [2.05, 4.69) is 13.8 Å². The van der Waals surface area contributed by atoms with E-state index >= 15 is 0 Å². The first-order valence-corrected chi connectivity index (χ1v) is 21.2. The molecule has 0 aromatic heterocycles. The number of aliphatic hydroxyl groups is 3. The summed E-state index contributed by atoms with van der Waals surface area (Å²) in [7, 11) is 0. The maximum absolute atomic E-state index is 12.0. The lowest BCUT2D eigenvalue weighted by Gasteiger charge is -2.12. The number of hydrogen-bond acceptors (Lipinski definition) is 7. The molecule has 0 spiro atoms. The van der Waals surface area contributed by atoms with Gasteiger partial charge in [-0.3, -0.25) is 9.59 Å². The van der Waals surface area contributed by atoms with Gasteiger partial charge in [-0.15, -0.1) is 0 Å². The molecule has 0 radical (unpaired) electrons. The fourth-order valence-corrected chi connectivity index (χ4v) is 5.64. The second kappa shape index (κ2) is 40.4. The number of rotatable bonds is 37. The van der Waals surface area contributed by atoms with Crippen LogP contribution in [-0.4, -0.2) is 58.8 Å². The molecule has 0 aliphatic heterocycles. The number of hydrogen-bond donors (Lipinski definition) is 3. The van der Waals surface area contributed by atoms with Crippen LogP contribution in [0.15, 0.2) is 72.9 Å². The van der Waals surface area contributed by atoms with Crippen LogP contribution >= 0.6 is 0 Å². The summed E-state index contributed by atoms with van der Waals surface area (Å²) in [5.74, 6) is -0.726. The van der Waals surface area contributed by atoms with Crippen molar-refractivity contribution in [1.29, 1.82) is 0 Å². The molecular formula is C46H78O7. The van der Waals surface area contributed by atoms with E-state index < -0.39 is 24.3 Å². The lowest BCUT2D eigenvalue weighted by Crippen LogP contribution is -2.25. The number of aliphatic hydroxyl groups excluding tert-OH is 3. The van der Waals surface area contributed by atoms with Gasteiger partial charge in [-0.05, 0) is 38.5 Å². The van der Waals surface area contributed by atoms with E-state index in [1.807, 2.05) is 48.6 Å². The number of carbonyl (C=O) groups excluding carboxylic acids is 2. The zero-order chi connectivity index (χ0) is 38.9. The molecule has 304 valence electrons. The summed E-state index contributed by atoms with van der Waals surface area (Å²) in [5, 5.41) is 29.9. The Hall–Kier alpha value is -2.74. The summed E-state index contributed by atoms with van der Waals surface area (Å²) in [6.07, 6.45) is 47.5. The summed E-state index contributed by atoms with van der Waals surface area (Å²) in [4.78, 5) is 24.0. The first-order valence-electron chi connectivity index (χ1n) is 21.2. The van der Waals surface area contributed by atoms with Crippen molar-refractivity contribution in [3.8, 4) is 0 Å². The average Bonchev–Trinajstić information content (AvgIpc) is 3.15. The molecule has 7 heteroatoms. The Morgan fingerprint density at radius 1 is 0.491 bits per heavy atom. The smallest absolute Gasteiger partial charge is 0.306 e. The third-order valence-corrected chi connectivity index (χ3v) is 8.89. The van der Waals surface area contributed by atoms with Gasteiger partial charge in [0.05, 0.1) is 12.2 Å². The van der Waals surface area contributed by atoms with Gasteiger partial charge in [0, 0.05) is 12.8 Å². The zero-order valence-electron chi connectivity index (χ0n) is 33.7. The lowest BCUT2D eigenvalue weighted by molar-refractivity contribution is -0.152. The van der Waals surface area contributed by atoms with E-state index in [1.165, 1.54) is 96.3 Å². The van der Waals surface area contributed by atoms with Gasteiger partial charge in [-0.25, -0.2) is 0 Å². The predicted molar refractivity (Wildman–Crippen MR) is 222 cm³/mol. The van der Waals surface area contributed by atoms with Crippen LogP contribution in [0.25, 0.3) is 0 Å². The minimum absolute atomic E-state index is 0.168. The van der Waals surface area contributed by atoms with Crippen molar-refractivity contribution in [2.24, 2.45) is 0 Å². The van der Waals surface area contributed by atoms with Crippen LogP contribution < -0.4 is 0 Å². The van der Waals surface area contributed by atoms with Gasteiger partial charge in [-0.2, -0.15) is 0 Å². The fraction of sp³-hybridized carbons (Fsp3) is 0.696. The van der Waals surface area contributed by atoms with Crippen molar-refractivity contribution in [3.63, 3.8) is 0 Å². The number of esters is 2. The molecule has 7 nitrogen and oxygen atoms in total. The number of allylic oxidation sites excluding steroid dienone is 8. The minimum atomic E-state index is -1.03. The van der Waals surface area contributed by atoms with Crippen molar-refractivity contribution in [3.05, 3.63) is 72.9 Å². The van der Waals surface area contributed by atoms with Gasteiger partial charge in [0.15, 0.2) is 0 Å². The molecule has 0 aromatic carbocycles. The second-order valence-electron chi connectivity index (χ2n) is 14.1. The molecule has 3 atom stereocenters. The summed E-state index contributed by atoms with van der Waals surface area (Å²) < 4.78 is 10.3. The van der Waals surface area contributed by atoms with E-state index in [1.54, 1.807) is 24.3 Å². The van der Waals surface area contributed by atoms with E-state index in [0.717, 1.165) is 25.7 Å². The molecule has 0 saturated heterocycles. The van der Waals surface area contributed by atoms with Crippen molar-refractivity contribution in [2.45, 2.75) is 193 Å². The normalized spacial score (nSPS) is 14.1. The van der Waals surface area contributed by atoms with Gasteiger partial charge in [0.2, 0.25) is 0 Å². The lowest BCUT2D eigenvalue weighted by atomic mass is 10.0. The minimum Gasteiger partial charge on any atom is -0.463 e. The molecule has 0 rings (SSSR count). The highest BCUT2D eigenvalue weighted by atomic mass is 16.6. The highest BCUT2D eigenvalue weighted by Crippen LogP contribution is 2.15. The summed E-state index contributed by atoms with van der Waals surface area (Å²) in [6, 6.07) is 0. The van der Waals surface area contributed by atoms with E-state index in [4.69, 9.17) is 9.47 Å². The Kier molecular flexibility index (Phi) is 38.4. The number of ether oxygens (including phenoxy) is 2. The number of carbonyl (C=O) groups is 2. The van der Waals surface area contributed by atoms with Crippen LogP contribution in [0.4, 0.5) is 0 Å². The van der Waals surface area contributed by atoms with E-state index in [9.17, 15) is 24.9 Å². The first kappa shape index (κ1) is 50.3. The van der Waals surface area contributed by atoms with Crippen molar-refractivity contribution >= 4 is 11.9 Å². The number of unbranched alkanes of at least 4 members (excludes halogenated alkanes) is 17. The van der Waals surface area contributed by atoms with Crippen LogP contribution in [0, 0.1) is 0 Å². The van der Waals surface area contributed by atoms with Crippen LogP contribution in [0.3, 0.4) is 0 Å². The molecule has 53 heavy (non-hydrogen) atoms. The fourth-order valence-electron chi connectivity index (χ4n) is 5.64. The first-order chi connectivity index (χ1) is 25.9. The Labute approximate surface area is 324 Å². The monoisotopic (exact) mass is 743 g/mol. The standard InChI is InChI=1S/C46H78O7/c1-3-5-7-8-9-10-11-12-13-14-15-16-17-18-19-20-24-32-38-45(50)52-40-44(49)41-53-46(51)39-33-25-22-21-23-29-35-43(48)37-31-27-26-30-36-42(47)34-28-6-4-2/h6,22-23,25-31,36-37,42-44,47-49H,3-5,7-21,24,32-35,38-41H2,1-2H3/b25-22-,27-26-,28-6-,29-23-,36-30+,37-31+/t42-,43+,44-/m1/s1. The Balaban J connectivity index is 3.66. The molecule has 0 fully saturated rings. The molecule has 0 aromatic rings. The zero-order valence-corrected chi connectivity index (χ0v) is 33.7. The Morgan fingerprint density at radius 2 is 0.906 bits per heavy atom. The molecule has 0 unspecified atom stereocenters. The predicted octanol–water partition coefficient (Wildman–Crippen LogP) is 11.3. The summed E-state index contributed by atoms with van der Waals surface area (Å²) >= 11 is 0. The molecule has 0 saturated carbocycles. The van der Waals surface area contributed by atoms with Crippen LogP contribution in [0.2, 0.25) is 0 Å². The van der Waals surface area contributed by atoms with Gasteiger partial charge in [-0.1, -0.05) is 196 Å². The van der Waals surface area contributed by atoms with Gasteiger partial charge < -0.3 is 24.8 Å².